The van der Waals surface area contributed by atoms with Gasteiger partial charge in [0.15, 0.2) is 0 Å². The second-order valence-electron chi connectivity index (χ2n) is 3.45. The Morgan fingerprint density at radius 3 is 2.50 bits per heavy atom. The van der Waals surface area contributed by atoms with Crippen LogP contribution in [0.1, 0.15) is 12.5 Å². The molecule has 2 aromatic rings. The van der Waals surface area contributed by atoms with E-state index in [4.69, 9.17) is 0 Å². The first kappa shape index (κ1) is 9.60. The maximum Gasteiger partial charge on any atom is 0.00782 e. The van der Waals surface area contributed by atoms with Crippen molar-refractivity contribution in [3.63, 3.8) is 0 Å². The molecule has 0 spiro atoms. The van der Waals surface area contributed by atoms with Crippen LogP contribution in [-0.4, -0.2) is 5.75 Å². The number of rotatable bonds is 2. The zero-order valence-electron chi connectivity index (χ0n) is 8.58. The van der Waals surface area contributed by atoms with Gasteiger partial charge in [-0.2, -0.15) is 0 Å². The van der Waals surface area contributed by atoms with Gasteiger partial charge < -0.3 is 0 Å². The normalized spacial score (nSPS) is 10.7. The first-order chi connectivity index (χ1) is 6.79. The van der Waals surface area contributed by atoms with Crippen LogP contribution in [-0.2, 0) is 0 Å². The van der Waals surface area contributed by atoms with Gasteiger partial charge in [-0.15, -0.1) is 11.8 Å². The van der Waals surface area contributed by atoms with E-state index < -0.39 is 0 Å². The summed E-state index contributed by atoms with van der Waals surface area (Å²) in [6, 6.07) is 13.3. The van der Waals surface area contributed by atoms with Crippen molar-refractivity contribution < 1.29 is 0 Å². The van der Waals surface area contributed by atoms with Crippen molar-refractivity contribution in [3.8, 4) is 0 Å². The molecule has 0 bridgehead atoms. The molecule has 14 heavy (non-hydrogen) atoms. The van der Waals surface area contributed by atoms with Gasteiger partial charge in [0.2, 0.25) is 0 Å². The van der Waals surface area contributed by atoms with Crippen molar-refractivity contribution >= 4 is 22.5 Å². The van der Waals surface area contributed by atoms with Crippen molar-refractivity contribution in [2.24, 2.45) is 0 Å². The van der Waals surface area contributed by atoms with Crippen LogP contribution in [0.5, 0.6) is 0 Å². The molecule has 0 nitrogen and oxygen atoms in total. The van der Waals surface area contributed by atoms with E-state index in [0.717, 1.165) is 5.75 Å². The zero-order chi connectivity index (χ0) is 9.97. The maximum absolute atomic E-state index is 2.27. The van der Waals surface area contributed by atoms with Crippen LogP contribution in [0.4, 0.5) is 0 Å². The highest BCUT2D eigenvalue weighted by molar-refractivity contribution is 7.99. The topological polar surface area (TPSA) is 0 Å². The Balaban J connectivity index is 2.50. The summed E-state index contributed by atoms with van der Waals surface area (Å²) in [5.41, 5.74) is 1.33. The molecule has 1 heteroatoms. The summed E-state index contributed by atoms with van der Waals surface area (Å²) in [5, 5.41) is 2.68. The molecule has 0 amide bonds. The van der Waals surface area contributed by atoms with Crippen LogP contribution in [0.2, 0.25) is 0 Å². The molecule has 0 fully saturated rings. The molecule has 0 heterocycles. The van der Waals surface area contributed by atoms with Crippen LogP contribution in [0.25, 0.3) is 10.8 Å². The molecule has 0 radical (unpaired) electrons. The van der Waals surface area contributed by atoms with Crippen LogP contribution in [0.15, 0.2) is 41.3 Å². The van der Waals surface area contributed by atoms with E-state index in [2.05, 4.69) is 50.2 Å². The summed E-state index contributed by atoms with van der Waals surface area (Å²) in [4.78, 5) is 1.36. The van der Waals surface area contributed by atoms with E-state index in [1.807, 2.05) is 11.8 Å². The standard InChI is InChI=1S/C13H14S/c1-3-14-13-7-6-11-8-10(2)4-5-12(11)9-13/h4-9H,3H2,1-2H3. The summed E-state index contributed by atoms with van der Waals surface area (Å²) in [7, 11) is 0. The van der Waals surface area contributed by atoms with E-state index in [-0.39, 0.29) is 0 Å². The molecule has 2 rings (SSSR count). The summed E-state index contributed by atoms with van der Waals surface area (Å²) in [6.45, 7) is 4.32. The van der Waals surface area contributed by atoms with Gasteiger partial charge in [-0.25, -0.2) is 0 Å². The highest BCUT2D eigenvalue weighted by atomic mass is 32.2. The lowest BCUT2D eigenvalue weighted by molar-refractivity contribution is 1.44. The molecule has 0 saturated heterocycles. The molecule has 0 N–H and O–H groups in total. The summed E-state index contributed by atoms with van der Waals surface area (Å²) >= 11 is 1.89. The highest BCUT2D eigenvalue weighted by Crippen LogP contribution is 2.23. The lowest BCUT2D eigenvalue weighted by Gasteiger charge is -2.02. The van der Waals surface area contributed by atoms with Gasteiger partial charge in [-0.3, -0.25) is 0 Å². The van der Waals surface area contributed by atoms with Gasteiger partial charge in [-0.1, -0.05) is 36.8 Å². The van der Waals surface area contributed by atoms with Crippen molar-refractivity contribution in [2.75, 3.05) is 5.75 Å². The smallest absolute Gasteiger partial charge is 0.00782 e. The minimum Gasteiger partial charge on any atom is -0.126 e. The number of aryl methyl sites for hydroxylation is 1. The quantitative estimate of drug-likeness (QED) is 0.656. The van der Waals surface area contributed by atoms with Gasteiger partial charge in [-0.05, 0) is 35.6 Å². The van der Waals surface area contributed by atoms with Crippen molar-refractivity contribution in [3.05, 3.63) is 42.0 Å². The second kappa shape index (κ2) is 4.05. The lowest BCUT2D eigenvalue weighted by atomic mass is 10.1. The van der Waals surface area contributed by atoms with Crippen LogP contribution < -0.4 is 0 Å². The SMILES string of the molecule is CCSc1ccc2cc(C)ccc2c1. The third-order valence-corrected chi connectivity index (χ3v) is 3.15. The Morgan fingerprint density at radius 1 is 1.00 bits per heavy atom. The van der Waals surface area contributed by atoms with Crippen molar-refractivity contribution in [2.45, 2.75) is 18.7 Å². The molecular weight excluding hydrogens is 188 g/mol. The molecule has 72 valence electrons. The van der Waals surface area contributed by atoms with E-state index >= 15 is 0 Å². The van der Waals surface area contributed by atoms with E-state index in [1.165, 1.54) is 21.2 Å². The first-order valence-electron chi connectivity index (χ1n) is 4.93. The first-order valence-corrected chi connectivity index (χ1v) is 5.91. The summed E-state index contributed by atoms with van der Waals surface area (Å²) < 4.78 is 0. The number of hydrogen-bond acceptors (Lipinski definition) is 1. The summed E-state index contributed by atoms with van der Waals surface area (Å²) in [6.07, 6.45) is 0. The Labute approximate surface area is 89.3 Å². The number of hydrogen-bond donors (Lipinski definition) is 0. The number of benzene rings is 2. The fourth-order valence-corrected chi connectivity index (χ4v) is 2.31. The fraction of sp³-hybridized carbons (Fsp3) is 0.231. The van der Waals surface area contributed by atoms with Crippen LogP contribution in [0, 0.1) is 6.92 Å². The fourth-order valence-electron chi connectivity index (χ4n) is 1.60. The number of thioether (sulfide) groups is 1. The molecule has 2 aromatic carbocycles. The average molecular weight is 202 g/mol. The predicted octanol–water partition coefficient (Wildman–Crippen LogP) is 4.26. The Kier molecular flexibility index (Phi) is 2.78. The van der Waals surface area contributed by atoms with Crippen molar-refractivity contribution in [1.29, 1.82) is 0 Å². The van der Waals surface area contributed by atoms with Gasteiger partial charge in [0.1, 0.15) is 0 Å². The van der Waals surface area contributed by atoms with Crippen molar-refractivity contribution in [1.82, 2.24) is 0 Å². The van der Waals surface area contributed by atoms with E-state index in [9.17, 15) is 0 Å². The maximum atomic E-state index is 2.27. The van der Waals surface area contributed by atoms with E-state index in [1.54, 1.807) is 0 Å². The van der Waals surface area contributed by atoms with Gasteiger partial charge >= 0.3 is 0 Å². The Hall–Kier alpha value is -0.950. The highest BCUT2D eigenvalue weighted by Gasteiger charge is 1.96. The Morgan fingerprint density at radius 2 is 1.71 bits per heavy atom. The molecule has 0 atom stereocenters. The molecule has 0 aliphatic rings. The minimum absolute atomic E-state index is 1.14. The molecular formula is C13H14S. The predicted molar refractivity (Wildman–Crippen MR) is 65.1 cm³/mol. The molecule has 0 saturated carbocycles. The van der Waals surface area contributed by atoms with Crippen LogP contribution >= 0.6 is 11.8 Å². The van der Waals surface area contributed by atoms with E-state index in [0.29, 0.717) is 0 Å². The third-order valence-electron chi connectivity index (χ3n) is 2.28. The van der Waals surface area contributed by atoms with Crippen LogP contribution in [0.3, 0.4) is 0 Å². The lowest BCUT2D eigenvalue weighted by Crippen LogP contribution is -1.77. The average Bonchev–Trinajstić information content (AvgIpc) is 2.19. The van der Waals surface area contributed by atoms with Gasteiger partial charge in [0.05, 0.1) is 0 Å². The van der Waals surface area contributed by atoms with Gasteiger partial charge in [0, 0.05) is 4.90 Å². The zero-order valence-corrected chi connectivity index (χ0v) is 9.40. The third kappa shape index (κ3) is 1.93. The summed E-state index contributed by atoms with van der Waals surface area (Å²) in [5.74, 6) is 1.14. The minimum atomic E-state index is 1.14. The molecule has 0 unspecified atom stereocenters. The largest absolute Gasteiger partial charge is 0.126 e. The monoisotopic (exact) mass is 202 g/mol. The molecule has 0 aliphatic carbocycles. The molecule has 0 aliphatic heterocycles. The number of fused-ring (bicyclic) bond motifs is 1. The second-order valence-corrected chi connectivity index (χ2v) is 4.78. The van der Waals surface area contributed by atoms with Gasteiger partial charge in [0.25, 0.3) is 0 Å². The molecule has 0 aromatic heterocycles. The Bertz CT molecular complexity index is 446.